The number of halogens is 1. The molecule has 2 rings (SSSR count). The molecule has 0 bridgehead atoms. The van der Waals surface area contributed by atoms with Gasteiger partial charge < -0.3 is 15.2 Å². The summed E-state index contributed by atoms with van der Waals surface area (Å²) in [5.74, 6) is 1.39. The summed E-state index contributed by atoms with van der Waals surface area (Å²) in [5.41, 5.74) is 6.83. The first-order valence-electron chi connectivity index (χ1n) is 5.32. The molecule has 1 aliphatic rings. The molecule has 0 aliphatic heterocycles. The van der Waals surface area contributed by atoms with Crippen molar-refractivity contribution in [1.82, 2.24) is 0 Å². The second-order valence-electron chi connectivity index (χ2n) is 4.17. The lowest BCUT2D eigenvalue weighted by atomic mass is 9.72. The molecule has 1 aromatic carbocycles. The van der Waals surface area contributed by atoms with Crippen LogP contribution in [0.2, 0.25) is 5.02 Å². The van der Waals surface area contributed by atoms with Gasteiger partial charge in [-0.05, 0) is 31.4 Å². The number of hydrogen-bond donors (Lipinski definition) is 1. The molecular formula is C12H16ClNO2. The Morgan fingerprint density at radius 1 is 1.19 bits per heavy atom. The highest BCUT2D eigenvalue weighted by Gasteiger charge is 2.39. The summed E-state index contributed by atoms with van der Waals surface area (Å²) >= 11 is 6.31. The third kappa shape index (κ3) is 1.64. The Labute approximate surface area is 100 Å². The standard InChI is InChI=1S/C12H16ClNO2/c1-15-8-4-5-9(16-2)11(13)10(8)12(14)6-3-7-12/h4-5H,3,6-7,14H2,1-2H3. The minimum absolute atomic E-state index is 0.350. The monoisotopic (exact) mass is 241 g/mol. The van der Waals surface area contributed by atoms with Gasteiger partial charge in [-0.1, -0.05) is 11.6 Å². The van der Waals surface area contributed by atoms with Gasteiger partial charge >= 0.3 is 0 Å². The molecule has 0 spiro atoms. The fraction of sp³-hybridized carbons (Fsp3) is 0.500. The third-order valence-corrected chi connectivity index (χ3v) is 3.63. The van der Waals surface area contributed by atoms with Gasteiger partial charge in [0.15, 0.2) is 0 Å². The van der Waals surface area contributed by atoms with E-state index in [-0.39, 0.29) is 5.54 Å². The first-order valence-corrected chi connectivity index (χ1v) is 5.70. The average molecular weight is 242 g/mol. The van der Waals surface area contributed by atoms with Crippen LogP contribution in [0.5, 0.6) is 11.5 Å². The molecule has 0 saturated heterocycles. The van der Waals surface area contributed by atoms with Crippen molar-refractivity contribution in [3.05, 3.63) is 22.7 Å². The highest BCUT2D eigenvalue weighted by molar-refractivity contribution is 6.33. The molecule has 0 unspecified atom stereocenters. The van der Waals surface area contributed by atoms with Crippen LogP contribution in [0.4, 0.5) is 0 Å². The first kappa shape index (κ1) is 11.6. The van der Waals surface area contributed by atoms with Gasteiger partial charge in [0.1, 0.15) is 11.5 Å². The zero-order valence-corrected chi connectivity index (χ0v) is 10.3. The topological polar surface area (TPSA) is 44.5 Å². The minimum atomic E-state index is -0.350. The SMILES string of the molecule is COc1ccc(OC)c(C2(N)CCC2)c1Cl. The van der Waals surface area contributed by atoms with Crippen molar-refractivity contribution in [3.8, 4) is 11.5 Å². The Morgan fingerprint density at radius 3 is 2.19 bits per heavy atom. The quantitative estimate of drug-likeness (QED) is 0.885. The van der Waals surface area contributed by atoms with Crippen LogP contribution in [0.25, 0.3) is 0 Å². The molecule has 4 heteroatoms. The van der Waals surface area contributed by atoms with Crippen LogP contribution in [0.15, 0.2) is 12.1 Å². The summed E-state index contributed by atoms with van der Waals surface area (Å²) < 4.78 is 10.5. The van der Waals surface area contributed by atoms with E-state index in [1.165, 1.54) is 0 Å². The van der Waals surface area contributed by atoms with E-state index in [9.17, 15) is 0 Å². The normalized spacial score (nSPS) is 17.8. The lowest BCUT2D eigenvalue weighted by Gasteiger charge is -2.40. The highest BCUT2D eigenvalue weighted by atomic mass is 35.5. The van der Waals surface area contributed by atoms with E-state index in [0.717, 1.165) is 30.6 Å². The zero-order valence-electron chi connectivity index (χ0n) is 9.55. The number of nitrogens with two attached hydrogens (primary N) is 1. The van der Waals surface area contributed by atoms with Gasteiger partial charge in [-0.25, -0.2) is 0 Å². The Morgan fingerprint density at radius 2 is 1.75 bits per heavy atom. The van der Waals surface area contributed by atoms with Crippen molar-refractivity contribution in [2.75, 3.05) is 14.2 Å². The van der Waals surface area contributed by atoms with Gasteiger partial charge in [-0.3, -0.25) is 0 Å². The minimum Gasteiger partial charge on any atom is -0.496 e. The van der Waals surface area contributed by atoms with E-state index in [2.05, 4.69) is 0 Å². The molecular weight excluding hydrogens is 226 g/mol. The van der Waals surface area contributed by atoms with Crippen molar-refractivity contribution in [3.63, 3.8) is 0 Å². The van der Waals surface area contributed by atoms with Crippen molar-refractivity contribution < 1.29 is 9.47 Å². The van der Waals surface area contributed by atoms with Crippen LogP contribution in [-0.2, 0) is 5.54 Å². The Balaban J connectivity index is 2.55. The fourth-order valence-electron chi connectivity index (χ4n) is 2.14. The van der Waals surface area contributed by atoms with Crippen LogP contribution in [0.1, 0.15) is 24.8 Å². The second kappa shape index (κ2) is 4.15. The highest BCUT2D eigenvalue weighted by Crippen LogP contribution is 2.48. The number of hydrogen-bond acceptors (Lipinski definition) is 3. The summed E-state index contributed by atoms with van der Waals surface area (Å²) in [7, 11) is 3.23. The van der Waals surface area contributed by atoms with Crippen LogP contribution >= 0.6 is 11.6 Å². The van der Waals surface area contributed by atoms with Crippen molar-refractivity contribution in [2.45, 2.75) is 24.8 Å². The van der Waals surface area contributed by atoms with Crippen LogP contribution in [0.3, 0.4) is 0 Å². The van der Waals surface area contributed by atoms with Crippen LogP contribution in [0, 0.1) is 0 Å². The third-order valence-electron chi connectivity index (χ3n) is 3.25. The van der Waals surface area contributed by atoms with E-state index in [0.29, 0.717) is 10.8 Å². The molecule has 0 atom stereocenters. The van der Waals surface area contributed by atoms with Crippen molar-refractivity contribution >= 4 is 11.6 Å². The number of rotatable bonds is 3. The second-order valence-corrected chi connectivity index (χ2v) is 4.55. The van der Waals surface area contributed by atoms with Gasteiger partial charge in [-0.2, -0.15) is 0 Å². The lowest BCUT2D eigenvalue weighted by Crippen LogP contribution is -2.43. The number of ether oxygens (including phenoxy) is 2. The molecule has 2 N–H and O–H groups in total. The molecule has 1 aromatic rings. The molecule has 1 fully saturated rings. The van der Waals surface area contributed by atoms with Gasteiger partial charge in [0.25, 0.3) is 0 Å². The number of methoxy groups -OCH3 is 2. The first-order chi connectivity index (χ1) is 7.62. The molecule has 16 heavy (non-hydrogen) atoms. The lowest BCUT2D eigenvalue weighted by molar-refractivity contribution is 0.243. The summed E-state index contributed by atoms with van der Waals surface area (Å²) in [6, 6.07) is 3.65. The van der Waals surface area contributed by atoms with Crippen molar-refractivity contribution in [1.29, 1.82) is 0 Å². The molecule has 0 heterocycles. The molecule has 1 saturated carbocycles. The van der Waals surface area contributed by atoms with Gasteiger partial charge in [0, 0.05) is 11.1 Å². The fourth-order valence-corrected chi connectivity index (χ4v) is 2.56. The van der Waals surface area contributed by atoms with E-state index < -0.39 is 0 Å². The molecule has 0 amide bonds. The molecule has 88 valence electrons. The number of benzene rings is 1. The molecule has 0 radical (unpaired) electrons. The van der Waals surface area contributed by atoms with E-state index in [1.807, 2.05) is 6.07 Å². The molecule has 1 aliphatic carbocycles. The van der Waals surface area contributed by atoms with Crippen molar-refractivity contribution in [2.24, 2.45) is 5.73 Å². The maximum absolute atomic E-state index is 6.31. The maximum atomic E-state index is 6.31. The zero-order chi connectivity index (χ0) is 11.8. The Kier molecular flexibility index (Phi) is 3.00. The summed E-state index contributed by atoms with van der Waals surface area (Å²) in [5, 5.41) is 0.573. The predicted molar refractivity (Wildman–Crippen MR) is 64.3 cm³/mol. The van der Waals surface area contributed by atoms with Gasteiger partial charge in [-0.15, -0.1) is 0 Å². The van der Waals surface area contributed by atoms with Gasteiger partial charge in [0.05, 0.1) is 19.2 Å². The van der Waals surface area contributed by atoms with Crippen LogP contribution in [-0.4, -0.2) is 14.2 Å². The van der Waals surface area contributed by atoms with E-state index in [1.54, 1.807) is 20.3 Å². The maximum Gasteiger partial charge on any atom is 0.138 e. The smallest absolute Gasteiger partial charge is 0.138 e. The summed E-state index contributed by atoms with van der Waals surface area (Å²) in [4.78, 5) is 0. The molecule has 3 nitrogen and oxygen atoms in total. The van der Waals surface area contributed by atoms with E-state index in [4.69, 9.17) is 26.8 Å². The average Bonchev–Trinajstić information content (AvgIpc) is 2.25. The summed E-state index contributed by atoms with van der Waals surface area (Å²) in [6.45, 7) is 0. The Bertz CT molecular complexity index is 402. The largest absolute Gasteiger partial charge is 0.496 e. The van der Waals surface area contributed by atoms with Gasteiger partial charge in [0.2, 0.25) is 0 Å². The van der Waals surface area contributed by atoms with E-state index >= 15 is 0 Å². The summed E-state index contributed by atoms with van der Waals surface area (Å²) in [6.07, 6.45) is 3.01. The predicted octanol–water partition coefficient (Wildman–Crippen LogP) is 2.70. The Hall–Kier alpha value is -0.930. The van der Waals surface area contributed by atoms with Crippen LogP contribution < -0.4 is 15.2 Å². The molecule has 0 aromatic heterocycles.